The monoisotopic (exact) mass is 289 g/mol. The molecular formula is C15H23N5O. The summed E-state index contributed by atoms with van der Waals surface area (Å²) in [6.07, 6.45) is 4.58. The molecule has 6 nitrogen and oxygen atoms in total. The van der Waals surface area contributed by atoms with Gasteiger partial charge in [0.2, 0.25) is 5.91 Å². The van der Waals surface area contributed by atoms with Gasteiger partial charge in [-0.25, -0.2) is 0 Å². The lowest BCUT2D eigenvalue weighted by Gasteiger charge is -2.35. The minimum Gasteiger partial charge on any atom is -0.333 e. The first-order chi connectivity index (χ1) is 10.2. The fourth-order valence-electron chi connectivity index (χ4n) is 3.67. The summed E-state index contributed by atoms with van der Waals surface area (Å²) in [5, 5.41) is 12.1. The molecule has 0 bridgehead atoms. The van der Waals surface area contributed by atoms with Crippen LogP contribution in [0.25, 0.3) is 0 Å². The number of hydrogen-bond acceptors (Lipinski definition) is 4. The van der Waals surface area contributed by atoms with Gasteiger partial charge in [-0.05, 0) is 39.2 Å². The third kappa shape index (κ3) is 2.35. The van der Waals surface area contributed by atoms with E-state index < -0.39 is 0 Å². The molecule has 1 N–H and O–H groups in total. The number of nitrogens with one attached hydrogen (secondary N) is 1. The summed E-state index contributed by atoms with van der Waals surface area (Å²) in [4.78, 5) is 14.7. The van der Waals surface area contributed by atoms with Crippen LogP contribution < -0.4 is 5.32 Å². The third-order valence-corrected chi connectivity index (χ3v) is 4.95. The molecule has 114 valence electrons. The molecule has 2 atom stereocenters. The third-order valence-electron chi connectivity index (χ3n) is 4.95. The van der Waals surface area contributed by atoms with Crippen LogP contribution >= 0.6 is 0 Å². The first kappa shape index (κ1) is 13.2. The fraction of sp³-hybridized carbons (Fsp3) is 0.800. The average Bonchev–Trinajstić information content (AvgIpc) is 3.27. The van der Waals surface area contributed by atoms with Crippen molar-refractivity contribution in [2.24, 2.45) is 5.92 Å². The average molecular weight is 289 g/mol. The molecule has 0 aromatic carbocycles. The van der Waals surface area contributed by atoms with Crippen molar-refractivity contribution in [2.45, 2.75) is 51.1 Å². The maximum Gasteiger partial charge on any atom is 0.227 e. The summed E-state index contributed by atoms with van der Waals surface area (Å²) >= 11 is 0. The molecule has 2 aliphatic heterocycles. The second kappa shape index (κ2) is 5.09. The Morgan fingerprint density at radius 2 is 2.14 bits per heavy atom. The van der Waals surface area contributed by atoms with Crippen LogP contribution in [0.5, 0.6) is 0 Å². The predicted octanol–water partition coefficient (Wildman–Crippen LogP) is 1.06. The molecule has 0 radical (unpaired) electrons. The Morgan fingerprint density at radius 3 is 2.86 bits per heavy atom. The topological polar surface area (TPSA) is 63.1 Å². The number of aromatic nitrogens is 3. The van der Waals surface area contributed by atoms with E-state index in [1.165, 1.54) is 12.8 Å². The van der Waals surface area contributed by atoms with Crippen molar-refractivity contribution < 1.29 is 4.79 Å². The number of hydrogen-bond donors (Lipinski definition) is 1. The summed E-state index contributed by atoms with van der Waals surface area (Å²) in [6.45, 7) is 5.46. The normalized spacial score (nSPS) is 29.3. The Labute approximate surface area is 124 Å². The maximum absolute atomic E-state index is 12.7. The highest BCUT2D eigenvalue weighted by Gasteiger charge is 2.36. The molecule has 1 aromatic heterocycles. The first-order valence-electron chi connectivity index (χ1n) is 8.17. The molecule has 2 fully saturated rings. The van der Waals surface area contributed by atoms with Gasteiger partial charge in [-0.15, -0.1) is 10.2 Å². The van der Waals surface area contributed by atoms with Crippen LogP contribution in [0.3, 0.4) is 0 Å². The summed E-state index contributed by atoms with van der Waals surface area (Å²) in [7, 11) is 0. The number of fused-ring (bicyclic) bond motifs is 1. The van der Waals surface area contributed by atoms with E-state index in [0.717, 1.165) is 44.1 Å². The second-order valence-corrected chi connectivity index (χ2v) is 6.73. The van der Waals surface area contributed by atoms with Crippen molar-refractivity contribution in [1.82, 2.24) is 25.0 Å². The van der Waals surface area contributed by atoms with E-state index in [1.807, 2.05) is 4.90 Å². The summed E-state index contributed by atoms with van der Waals surface area (Å²) in [5.41, 5.74) is 0. The van der Waals surface area contributed by atoms with Crippen LogP contribution in [-0.4, -0.2) is 45.2 Å². The van der Waals surface area contributed by atoms with Gasteiger partial charge in [0.25, 0.3) is 0 Å². The van der Waals surface area contributed by atoms with Gasteiger partial charge in [0.15, 0.2) is 5.82 Å². The van der Waals surface area contributed by atoms with Crippen LogP contribution in [0.1, 0.15) is 56.2 Å². The van der Waals surface area contributed by atoms with Gasteiger partial charge in [0.1, 0.15) is 5.82 Å². The van der Waals surface area contributed by atoms with E-state index in [-0.39, 0.29) is 11.8 Å². The highest BCUT2D eigenvalue weighted by Crippen LogP contribution is 2.41. The molecule has 3 aliphatic rings. The fourth-order valence-corrected chi connectivity index (χ4v) is 3.67. The first-order valence-corrected chi connectivity index (χ1v) is 8.17. The van der Waals surface area contributed by atoms with Gasteiger partial charge < -0.3 is 14.8 Å². The van der Waals surface area contributed by atoms with Gasteiger partial charge in [-0.2, -0.15) is 0 Å². The van der Waals surface area contributed by atoms with Gasteiger partial charge >= 0.3 is 0 Å². The molecule has 3 heterocycles. The second-order valence-electron chi connectivity index (χ2n) is 6.73. The zero-order valence-corrected chi connectivity index (χ0v) is 12.6. The largest absolute Gasteiger partial charge is 0.333 e. The lowest BCUT2D eigenvalue weighted by molar-refractivity contribution is -0.138. The molecule has 21 heavy (non-hydrogen) atoms. The minimum absolute atomic E-state index is 0.142. The number of nitrogens with zero attached hydrogens (tertiary/aromatic N) is 4. The number of carbonyl (C=O) groups is 1. The summed E-state index contributed by atoms with van der Waals surface area (Å²) in [6, 6.07) is 0.292. The predicted molar refractivity (Wildman–Crippen MR) is 77.7 cm³/mol. The zero-order valence-electron chi connectivity index (χ0n) is 12.6. The highest BCUT2D eigenvalue weighted by atomic mass is 16.2. The number of carbonyl (C=O) groups excluding carboxylic acids is 1. The molecule has 1 aromatic rings. The van der Waals surface area contributed by atoms with Gasteiger partial charge in [0.05, 0.1) is 18.5 Å². The molecular weight excluding hydrogens is 266 g/mol. The molecule has 1 amide bonds. The standard InChI is InChI=1S/C15H23N5O/c1-10-8-19(15(21)12-3-2-6-16-7-12)9-13-17-18-14(20(10)13)11-4-5-11/h10-12,16H,2-9H2,1H3/t10-,12-/m0/s1. The van der Waals surface area contributed by atoms with Crippen molar-refractivity contribution in [1.29, 1.82) is 0 Å². The van der Waals surface area contributed by atoms with Crippen LogP contribution in [0.2, 0.25) is 0 Å². The molecule has 1 saturated carbocycles. The van der Waals surface area contributed by atoms with Gasteiger partial charge in [0, 0.05) is 19.0 Å². The van der Waals surface area contributed by atoms with E-state index in [0.29, 0.717) is 18.5 Å². The van der Waals surface area contributed by atoms with E-state index in [2.05, 4.69) is 27.0 Å². The van der Waals surface area contributed by atoms with Crippen LogP contribution in [-0.2, 0) is 11.3 Å². The Hall–Kier alpha value is -1.43. The van der Waals surface area contributed by atoms with E-state index in [4.69, 9.17) is 0 Å². The maximum atomic E-state index is 12.7. The molecule has 6 heteroatoms. The molecule has 0 spiro atoms. The van der Waals surface area contributed by atoms with Crippen molar-refractivity contribution in [3.63, 3.8) is 0 Å². The Kier molecular flexibility index (Phi) is 3.21. The Morgan fingerprint density at radius 1 is 1.29 bits per heavy atom. The SMILES string of the molecule is C[C@H]1CN(C(=O)[C@H]2CCCNC2)Cc2nnc(C3CC3)n21. The van der Waals surface area contributed by atoms with E-state index in [9.17, 15) is 4.79 Å². The zero-order chi connectivity index (χ0) is 14.4. The number of amides is 1. The molecule has 1 saturated heterocycles. The molecule has 1 aliphatic carbocycles. The Balaban J connectivity index is 1.52. The minimum atomic E-state index is 0.142. The van der Waals surface area contributed by atoms with Gasteiger partial charge in [-0.3, -0.25) is 4.79 Å². The van der Waals surface area contributed by atoms with Crippen molar-refractivity contribution in [3.05, 3.63) is 11.6 Å². The summed E-state index contributed by atoms with van der Waals surface area (Å²) in [5.74, 6) is 3.15. The quantitative estimate of drug-likeness (QED) is 0.884. The van der Waals surface area contributed by atoms with Crippen molar-refractivity contribution >= 4 is 5.91 Å². The van der Waals surface area contributed by atoms with E-state index >= 15 is 0 Å². The lowest BCUT2D eigenvalue weighted by atomic mass is 9.97. The summed E-state index contributed by atoms with van der Waals surface area (Å²) < 4.78 is 2.28. The molecule has 4 rings (SSSR count). The number of rotatable bonds is 2. The number of piperidine rings is 1. The molecule has 0 unspecified atom stereocenters. The lowest BCUT2D eigenvalue weighted by Crippen LogP contribution is -2.47. The van der Waals surface area contributed by atoms with Crippen LogP contribution in [0.4, 0.5) is 0 Å². The van der Waals surface area contributed by atoms with Crippen molar-refractivity contribution in [2.75, 3.05) is 19.6 Å². The van der Waals surface area contributed by atoms with Crippen LogP contribution in [0.15, 0.2) is 0 Å². The van der Waals surface area contributed by atoms with Gasteiger partial charge in [-0.1, -0.05) is 0 Å². The van der Waals surface area contributed by atoms with Crippen LogP contribution in [0, 0.1) is 5.92 Å². The smallest absolute Gasteiger partial charge is 0.227 e. The van der Waals surface area contributed by atoms with Crippen molar-refractivity contribution in [3.8, 4) is 0 Å². The highest BCUT2D eigenvalue weighted by molar-refractivity contribution is 5.79. The Bertz CT molecular complexity index is 544. The van der Waals surface area contributed by atoms with E-state index in [1.54, 1.807) is 0 Å².